The standard InChI is InChI=1S/C17H15N3O2/c1-12-9-14(7-8-18-12)16-10-15(13-5-3-2-4-6-13)19-20(16)11-17(21)22/h2-10H,11H2,1H3,(H,21,22). The van der Waals surface area contributed by atoms with Crippen LogP contribution in [0.25, 0.3) is 22.5 Å². The molecule has 2 heterocycles. The van der Waals surface area contributed by atoms with Crippen LogP contribution < -0.4 is 0 Å². The van der Waals surface area contributed by atoms with Crippen LogP contribution in [0.15, 0.2) is 54.7 Å². The van der Waals surface area contributed by atoms with Gasteiger partial charge in [0.25, 0.3) is 0 Å². The van der Waals surface area contributed by atoms with Crippen LogP contribution >= 0.6 is 0 Å². The topological polar surface area (TPSA) is 68.0 Å². The van der Waals surface area contributed by atoms with E-state index in [-0.39, 0.29) is 6.54 Å². The molecular weight excluding hydrogens is 278 g/mol. The van der Waals surface area contributed by atoms with Gasteiger partial charge in [-0.1, -0.05) is 30.3 Å². The number of pyridine rings is 1. The zero-order valence-electron chi connectivity index (χ0n) is 12.1. The van der Waals surface area contributed by atoms with Crippen LogP contribution in [-0.2, 0) is 11.3 Å². The van der Waals surface area contributed by atoms with Crippen molar-refractivity contribution in [2.24, 2.45) is 0 Å². The molecule has 0 fully saturated rings. The SMILES string of the molecule is Cc1cc(-c2cc(-c3ccccc3)nn2CC(=O)O)ccn1. The molecule has 110 valence electrons. The number of aromatic nitrogens is 3. The Morgan fingerprint density at radius 3 is 2.59 bits per heavy atom. The van der Waals surface area contributed by atoms with Crippen LogP contribution in [0.5, 0.6) is 0 Å². The van der Waals surface area contributed by atoms with Crippen molar-refractivity contribution in [3.05, 3.63) is 60.4 Å². The second kappa shape index (κ2) is 5.81. The van der Waals surface area contributed by atoms with E-state index in [1.54, 1.807) is 6.20 Å². The van der Waals surface area contributed by atoms with E-state index in [2.05, 4.69) is 10.1 Å². The third-order valence-electron chi connectivity index (χ3n) is 3.33. The number of hydrogen-bond donors (Lipinski definition) is 1. The molecule has 5 heteroatoms. The molecule has 0 bridgehead atoms. The molecule has 0 aliphatic heterocycles. The van der Waals surface area contributed by atoms with Crippen molar-refractivity contribution in [1.29, 1.82) is 0 Å². The molecule has 0 radical (unpaired) electrons. The highest BCUT2D eigenvalue weighted by Crippen LogP contribution is 2.26. The summed E-state index contributed by atoms with van der Waals surface area (Å²) in [7, 11) is 0. The Kier molecular flexibility index (Phi) is 3.70. The minimum Gasteiger partial charge on any atom is -0.480 e. The Hall–Kier alpha value is -2.95. The zero-order chi connectivity index (χ0) is 15.5. The molecule has 1 aromatic carbocycles. The van der Waals surface area contributed by atoms with Gasteiger partial charge < -0.3 is 5.11 Å². The van der Waals surface area contributed by atoms with Gasteiger partial charge in [-0.2, -0.15) is 5.10 Å². The summed E-state index contributed by atoms with van der Waals surface area (Å²) in [6, 6.07) is 15.4. The number of rotatable bonds is 4. The van der Waals surface area contributed by atoms with Crippen molar-refractivity contribution < 1.29 is 9.90 Å². The summed E-state index contributed by atoms with van der Waals surface area (Å²) in [6.07, 6.45) is 1.71. The average molecular weight is 293 g/mol. The normalized spacial score (nSPS) is 10.6. The molecule has 2 aromatic heterocycles. The summed E-state index contributed by atoms with van der Waals surface area (Å²) < 4.78 is 1.51. The van der Waals surface area contributed by atoms with Crippen molar-refractivity contribution in [1.82, 2.24) is 14.8 Å². The summed E-state index contributed by atoms with van der Waals surface area (Å²) in [5.41, 5.74) is 4.27. The van der Waals surface area contributed by atoms with Gasteiger partial charge in [-0.25, -0.2) is 0 Å². The van der Waals surface area contributed by atoms with Crippen molar-refractivity contribution >= 4 is 5.97 Å². The first-order valence-corrected chi connectivity index (χ1v) is 6.91. The van der Waals surface area contributed by atoms with E-state index in [0.717, 1.165) is 28.2 Å². The Morgan fingerprint density at radius 1 is 1.14 bits per heavy atom. The number of carbonyl (C=O) groups is 1. The number of hydrogen-bond acceptors (Lipinski definition) is 3. The van der Waals surface area contributed by atoms with E-state index in [9.17, 15) is 4.79 Å². The maximum atomic E-state index is 11.1. The fraction of sp³-hybridized carbons (Fsp3) is 0.118. The van der Waals surface area contributed by atoms with Crippen LogP contribution in [-0.4, -0.2) is 25.8 Å². The van der Waals surface area contributed by atoms with Gasteiger partial charge in [0.1, 0.15) is 6.54 Å². The second-order valence-electron chi connectivity index (χ2n) is 5.02. The molecule has 0 saturated heterocycles. The molecule has 0 spiro atoms. The quantitative estimate of drug-likeness (QED) is 0.803. The molecule has 0 amide bonds. The van der Waals surface area contributed by atoms with Crippen molar-refractivity contribution in [2.45, 2.75) is 13.5 Å². The average Bonchev–Trinajstić information content (AvgIpc) is 2.91. The zero-order valence-corrected chi connectivity index (χ0v) is 12.1. The first kappa shape index (κ1) is 14.0. The monoisotopic (exact) mass is 293 g/mol. The van der Waals surface area contributed by atoms with Gasteiger partial charge in [-0.05, 0) is 25.1 Å². The van der Waals surface area contributed by atoms with Gasteiger partial charge in [-0.15, -0.1) is 0 Å². The van der Waals surface area contributed by atoms with Crippen LogP contribution in [0.1, 0.15) is 5.69 Å². The van der Waals surface area contributed by atoms with E-state index in [4.69, 9.17) is 5.11 Å². The van der Waals surface area contributed by atoms with Gasteiger partial charge in [0.05, 0.1) is 11.4 Å². The fourth-order valence-corrected chi connectivity index (χ4v) is 2.35. The number of aryl methyl sites for hydroxylation is 1. The summed E-state index contributed by atoms with van der Waals surface area (Å²) in [5.74, 6) is -0.922. The lowest BCUT2D eigenvalue weighted by Gasteiger charge is -2.05. The van der Waals surface area contributed by atoms with Crippen molar-refractivity contribution in [2.75, 3.05) is 0 Å². The molecule has 0 unspecified atom stereocenters. The molecule has 3 rings (SSSR count). The Balaban J connectivity index is 2.11. The maximum Gasteiger partial charge on any atom is 0.325 e. The molecule has 0 aliphatic carbocycles. The summed E-state index contributed by atoms with van der Waals surface area (Å²) >= 11 is 0. The van der Waals surface area contributed by atoms with E-state index in [1.165, 1.54) is 4.68 Å². The first-order chi connectivity index (χ1) is 10.6. The molecule has 0 aliphatic rings. The van der Waals surface area contributed by atoms with Crippen LogP contribution in [0.3, 0.4) is 0 Å². The van der Waals surface area contributed by atoms with E-state index >= 15 is 0 Å². The molecule has 3 aromatic rings. The lowest BCUT2D eigenvalue weighted by atomic mass is 10.1. The number of carboxylic acids is 1. The van der Waals surface area contributed by atoms with E-state index < -0.39 is 5.97 Å². The smallest absolute Gasteiger partial charge is 0.325 e. The maximum absolute atomic E-state index is 11.1. The molecule has 0 saturated carbocycles. The molecule has 22 heavy (non-hydrogen) atoms. The van der Waals surface area contributed by atoms with Crippen LogP contribution in [0.2, 0.25) is 0 Å². The highest BCUT2D eigenvalue weighted by Gasteiger charge is 2.13. The lowest BCUT2D eigenvalue weighted by molar-refractivity contribution is -0.137. The highest BCUT2D eigenvalue weighted by molar-refractivity contribution is 5.72. The predicted octanol–water partition coefficient (Wildman–Crippen LogP) is 3.01. The van der Waals surface area contributed by atoms with E-state index in [0.29, 0.717) is 0 Å². The van der Waals surface area contributed by atoms with Gasteiger partial charge in [-0.3, -0.25) is 14.5 Å². The highest BCUT2D eigenvalue weighted by atomic mass is 16.4. The van der Waals surface area contributed by atoms with Crippen LogP contribution in [0, 0.1) is 6.92 Å². The van der Waals surface area contributed by atoms with Crippen molar-refractivity contribution in [3.8, 4) is 22.5 Å². The van der Waals surface area contributed by atoms with Gasteiger partial charge >= 0.3 is 5.97 Å². The second-order valence-corrected chi connectivity index (χ2v) is 5.02. The minimum absolute atomic E-state index is 0.177. The fourth-order valence-electron chi connectivity index (χ4n) is 2.35. The Morgan fingerprint density at radius 2 is 1.91 bits per heavy atom. The Bertz CT molecular complexity index is 810. The van der Waals surface area contributed by atoms with E-state index in [1.807, 2.05) is 55.5 Å². The first-order valence-electron chi connectivity index (χ1n) is 6.91. The Labute approximate surface area is 127 Å². The third kappa shape index (κ3) is 2.88. The largest absolute Gasteiger partial charge is 0.480 e. The summed E-state index contributed by atoms with van der Waals surface area (Å²) in [6.45, 7) is 1.73. The van der Waals surface area contributed by atoms with Crippen molar-refractivity contribution in [3.63, 3.8) is 0 Å². The molecular formula is C17H15N3O2. The molecule has 1 N–H and O–H groups in total. The van der Waals surface area contributed by atoms with Crippen LogP contribution in [0.4, 0.5) is 0 Å². The number of benzene rings is 1. The minimum atomic E-state index is -0.922. The van der Waals surface area contributed by atoms with Gasteiger partial charge in [0.2, 0.25) is 0 Å². The summed E-state index contributed by atoms with van der Waals surface area (Å²) in [5, 5.41) is 13.5. The number of nitrogens with zero attached hydrogens (tertiary/aromatic N) is 3. The number of carboxylic acid groups (broad SMARTS) is 1. The van der Waals surface area contributed by atoms with Gasteiger partial charge in [0.15, 0.2) is 0 Å². The third-order valence-corrected chi connectivity index (χ3v) is 3.33. The molecule has 5 nitrogen and oxygen atoms in total. The lowest BCUT2D eigenvalue weighted by Crippen LogP contribution is -2.11. The number of aliphatic carboxylic acids is 1. The predicted molar refractivity (Wildman–Crippen MR) is 83.3 cm³/mol. The molecule has 0 atom stereocenters. The van der Waals surface area contributed by atoms with Gasteiger partial charge in [0, 0.05) is 23.0 Å². The summed E-state index contributed by atoms with van der Waals surface area (Å²) in [4.78, 5) is 15.3.